The van der Waals surface area contributed by atoms with Crippen LogP contribution in [0.4, 0.5) is 0 Å². The zero-order valence-electron chi connectivity index (χ0n) is 8.09. The molecule has 0 aliphatic carbocycles. The first-order valence-electron chi connectivity index (χ1n) is 4.68. The van der Waals surface area contributed by atoms with E-state index in [4.69, 9.17) is 11.6 Å². The van der Waals surface area contributed by atoms with Crippen molar-refractivity contribution in [1.29, 1.82) is 0 Å². The molecule has 0 amide bonds. The van der Waals surface area contributed by atoms with E-state index in [9.17, 15) is 0 Å². The number of hydrogen-bond acceptors (Lipinski definition) is 4. The summed E-state index contributed by atoms with van der Waals surface area (Å²) in [5.74, 6) is 0. The molecular formula is C11H6ClN3S. The highest BCUT2D eigenvalue weighted by atomic mass is 35.5. The fourth-order valence-electron chi connectivity index (χ4n) is 1.45. The molecule has 3 nitrogen and oxygen atoms in total. The summed E-state index contributed by atoms with van der Waals surface area (Å²) in [6.45, 7) is 0. The lowest BCUT2D eigenvalue weighted by molar-refractivity contribution is 1.05. The first-order valence-corrected chi connectivity index (χ1v) is 5.87. The van der Waals surface area contributed by atoms with E-state index in [1.54, 1.807) is 6.20 Å². The van der Waals surface area contributed by atoms with Crippen LogP contribution in [0.25, 0.3) is 20.8 Å². The maximum absolute atomic E-state index is 5.95. The highest BCUT2D eigenvalue weighted by Crippen LogP contribution is 2.32. The summed E-state index contributed by atoms with van der Waals surface area (Å²) in [4.78, 5) is 4.48. The van der Waals surface area contributed by atoms with Gasteiger partial charge in [0.1, 0.15) is 10.5 Å². The van der Waals surface area contributed by atoms with Crippen LogP contribution in [0, 0.1) is 0 Å². The Hall–Kier alpha value is -1.52. The van der Waals surface area contributed by atoms with Gasteiger partial charge in [0.15, 0.2) is 5.15 Å². The molecule has 0 spiro atoms. The number of aromatic nitrogens is 3. The van der Waals surface area contributed by atoms with E-state index in [-0.39, 0.29) is 0 Å². The lowest BCUT2D eigenvalue weighted by atomic mass is 10.2. The third kappa shape index (κ3) is 1.56. The van der Waals surface area contributed by atoms with Crippen LogP contribution in [0.5, 0.6) is 0 Å². The van der Waals surface area contributed by atoms with Gasteiger partial charge >= 0.3 is 0 Å². The fourth-order valence-corrected chi connectivity index (χ4v) is 2.63. The van der Waals surface area contributed by atoms with Crippen molar-refractivity contribution >= 4 is 33.2 Å². The summed E-state index contributed by atoms with van der Waals surface area (Å²) >= 11 is 7.49. The second kappa shape index (κ2) is 3.81. The number of halogens is 1. The van der Waals surface area contributed by atoms with Gasteiger partial charge in [0, 0.05) is 5.56 Å². The standard InChI is InChI=1S/C11H6ClN3S/c12-10-9-8(6-13-15-10)14-11(16-9)7-4-2-1-3-5-7/h1-6H. The predicted molar refractivity (Wildman–Crippen MR) is 65.7 cm³/mol. The van der Waals surface area contributed by atoms with E-state index < -0.39 is 0 Å². The quantitative estimate of drug-likeness (QED) is 0.662. The Bertz CT molecular complexity index is 636. The first-order chi connectivity index (χ1) is 7.84. The van der Waals surface area contributed by atoms with Crippen molar-refractivity contribution in [3.63, 3.8) is 0 Å². The summed E-state index contributed by atoms with van der Waals surface area (Å²) in [5.41, 5.74) is 1.88. The van der Waals surface area contributed by atoms with Crippen molar-refractivity contribution in [1.82, 2.24) is 15.2 Å². The monoisotopic (exact) mass is 247 g/mol. The fraction of sp³-hybridized carbons (Fsp3) is 0. The molecule has 0 radical (unpaired) electrons. The van der Waals surface area contributed by atoms with E-state index in [2.05, 4.69) is 15.2 Å². The molecule has 2 heterocycles. The smallest absolute Gasteiger partial charge is 0.171 e. The Morgan fingerprint density at radius 2 is 1.94 bits per heavy atom. The normalized spacial score (nSPS) is 10.8. The number of hydrogen-bond donors (Lipinski definition) is 0. The molecule has 1 aromatic carbocycles. The van der Waals surface area contributed by atoms with E-state index in [1.807, 2.05) is 30.3 Å². The van der Waals surface area contributed by atoms with Crippen molar-refractivity contribution in [2.45, 2.75) is 0 Å². The van der Waals surface area contributed by atoms with Crippen LogP contribution < -0.4 is 0 Å². The summed E-state index contributed by atoms with van der Waals surface area (Å²) in [5, 5.41) is 8.93. The van der Waals surface area contributed by atoms with Gasteiger partial charge in [0.2, 0.25) is 0 Å². The number of nitrogens with zero attached hydrogens (tertiary/aromatic N) is 3. The minimum atomic E-state index is 0.414. The molecule has 0 aliphatic heterocycles. The molecule has 0 unspecified atom stereocenters. The Morgan fingerprint density at radius 3 is 2.69 bits per heavy atom. The topological polar surface area (TPSA) is 38.7 Å². The highest BCUT2D eigenvalue weighted by Gasteiger charge is 2.09. The van der Waals surface area contributed by atoms with Crippen molar-refractivity contribution in [3.8, 4) is 10.6 Å². The molecule has 0 aliphatic rings. The molecule has 2 aromatic heterocycles. The van der Waals surface area contributed by atoms with Gasteiger partial charge < -0.3 is 0 Å². The molecule has 3 aromatic rings. The van der Waals surface area contributed by atoms with Crippen LogP contribution in [-0.4, -0.2) is 15.2 Å². The van der Waals surface area contributed by atoms with Gasteiger partial charge in [0.05, 0.1) is 10.9 Å². The molecule has 3 rings (SSSR count). The Labute approximate surface area is 101 Å². The number of benzene rings is 1. The van der Waals surface area contributed by atoms with Gasteiger partial charge in [-0.2, -0.15) is 5.10 Å². The van der Waals surface area contributed by atoms with Gasteiger partial charge in [-0.15, -0.1) is 16.4 Å². The van der Waals surface area contributed by atoms with Gasteiger partial charge in [-0.05, 0) is 0 Å². The van der Waals surface area contributed by atoms with Gasteiger partial charge in [-0.3, -0.25) is 0 Å². The number of thiazole rings is 1. The van der Waals surface area contributed by atoms with Gasteiger partial charge in [-0.25, -0.2) is 4.98 Å². The van der Waals surface area contributed by atoms with Crippen LogP contribution >= 0.6 is 22.9 Å². The summed E-state index contributed by atoms with van der Waals surface area (Å²) in [6, 6.07) is 9.99. The van der Waals surface area contributed by atoms with Gasteiger partial charge in [0.25, 0.3) is 0 Å². The molecule has 0 fully saturated rings. The molecule has 0 bridgehead atoms. The predicted octanol–water partition coefficient (Wildman–Crippen LogP) is 3.41. The maximum Gasteiger partial charge on any atom is 0.171 e. The summed E-state index contributed by atoms with van der Waals surface area (Å²) < 4.78 is 0.885. The zero-order valence-corrected chi connectivity index (χ0v) is 9.66. The van der Waals surface area contributed by atoms with Crippen LogP contribution in [0.15, 0.2) is 36.5 Å². The van der Waals surface area contributed by atoms with Crippen LogP contribution in [0.3, 0.4) is 0 Å². The molecule has 0 atom stereocenters. The largest absolute Gasteiger partial charge is 0.234 e. The van der Waals surface area contributed by atoms with Crippen molar-refractivity contribution in [2.75, 3.05) is 0 Å². The third-order valence-corrected chi connectivity index (χ3v) is 3.69. The average molecular weight is 248 g/mol. The Morgan fingerprint density at radius 1 is 1.12 bits per heavy atom. The lowest BCUT2D eigenvalue weighted by Crippen LogP contribution is -1.80. The van der Waals surface area contributed by atoms with Crippen molar-refractivity contribution < 1.29 is 0 Å². The number of rotatable bonds is 1. The lowest BCUT2D eigenvalue weighted by Gasteiger charge is -1.92. The molecule has 0 N–H and O–H groups in total. The minimum Gasteiger partial charge on any atom is -0.234 e. The Balaban J connectivity index is 2.23. The summed E-state index contributed by atoms with van der Waals surface area (Å²) in [6.07, 6.45) is 1.63. The average Bonchev–Trinajstić information content (AvgIpc) is 2.76. The zero-order chi connectivity index (χ0) is 11.0. The second-order valence-corrected chi connectivity index (χ2v) is 4.59. The molecule has 5 heteroatoms. The van der Waals surface area contributed by atoms with Gasteiger partial charge in [-0.1, -0.05) is 41.9 Å². The van der Waals surface area contributed by atoms with Crippen molar-refractivity contribution in [2.24, 2.45) is 0 Å². The Kier molecular flexibility index (Phi) is 2.31. The minimum absolute atomic E-state index is 0.414. The molecule has 78 valence electrons. The maximum atomic E-state index is 5.95. The van der Waals surface area contributed by atoms with E-state index >= 15 is 0 Å². The molecular weight excluding hydrogens is 242 g/mol. The highest BCUT2D eigenvalue weighted by molar-refractivity contribution is 7.22. The third-order valence-electron chi connectivity index (χ3n) is 2.19. The number of fused-ring (bicyclic) bond motifs is 1. The summed E-state index contributed by atoms with van der Waals surface area (Å²) in [7, 11) is 0. The van der Waals surface area contributed by atoms with Crippen LogP contribution in [0.1, 0.15) is 0 Å². The molecule has 0 saturated carbocycles. The van der Waals surface area contributed by atoms with E-state index in [1.165, 1.54) is 11.3 Å². The van der Waals surface area contributed by atoms with Crippen LogP contribution in [-0.2, 0) is 0 Å². The second-order valence-electron chi connectivity index (χ2n) is 3.23. The van der Waals surface area contributed by atoms with Crippen molar-refractivity contribution in [3.05, 3.63) is 41.7 Å². The first kappa shape index (κ1) is 9.69. The molecule has 16 heavy (non-hydrogen) atoms. The van der Waals surface area contributed by atoms with Crippen LogP contribution in [0.2, 0.25) is 5.15 Å². The molecule has 0 saturated heterocycles. The van der Waals surface area contributed by atoms with E-state index in [0.29, 0.717) is 5.15 Å². The van der Waals surface area contributed by atoms with E-state index in [0.717, 1.165) is 20.8 Å². The SMILES string of the molecule is Clc1nncc2nc(-c3ccccc3)sc12.